The first-order valence-electron chi connectivity index (χ1n) is 11.2. The van der Waals surface area contributed by atoms with Gasteiger partial charge in [-0.05, 0) is 73.6 Å². The normalized spacial score (nSPS) is 15.5. The minimum Gasteiger partial charge on any atom is -0.497 e. The molecule has 4 nitrogen and oxygen atoms in total. The van der Waals surface area contributed by atoms with E-state index < -0.39 is 0 Å². The molecule has 1 aliphatic carbocycles. The van der Waals surface area contributed by atoms with Crippen molar-refractivity contribution in [3.63, 3.8) is 0 Å². The number of fused-ring (bicyclic) bond motifs is 1. The van der Waals surface area contributed by atoms with Crippen molar-refractivity contribution >= 4 is 22.9 Å². The minimum absolute atomic E-state index is 0.190. The summed E-state index contributed by atoms with van der Waals surface area (Å²) in [5.74, 6) is 2.30. The van der Waals surface area contributed by atoms with E-state index in [2.05, 4.69) is 73.6 Å². The van der Waals surface area contributed by atoms with Crippen LogP contribution in [0.15, 0.2) is 77.9 Å². The maximum absolute atomic E-state index is 5.28. The molecule has 2 aromatic carbocycles. The lowest BCUT2D eigenvalue weighted by Crippen LogP contribution is -2.14. The van der Waals surface area contributed by atoms with Gasteiger partial charge < -0.3 is 9.30 Å². The highest BCUT2D eigenvalue weighted by molar-refractivity contribution is 6.01. The molecule has 0 N–H and O–H groups in total. The van der Waals surface area contributed by atoms with Crippen molar-refractivity contribution in [1.82, 2.24) is 9.55 Å². The van der Waals surface area contributed by atoms with E-state index in [-0.39, 0.29) is 5.92 Å². The van der Waals surface area contributed by atoms with E-state index in [0.29, 0.717) is 0 Å². The number of rotatable bonds is 7. The van der Waals surface area contributed by atoms with Crippen LogP contribution in [0.5, 0.6) is 5.75 Å². The molecule has 1 saturated carbocycles. The number of ether oxygens (including phenoxy) is 1. The van der Waals surface area contributed by atoms with Crippen LogP contribution in [0.25, 0.3) is 11.0 Å². The van der Waals surface area contributed by atoms with E-state index in [1.54, 1.807) is 7.11 Å². The molecule has 1 aliphatic rings. The van der Waals surface area contributed by atoms with Crippen molar-refractivity contribution in [1.29, 1.82) is 0 Å². The highest BCUT2D eigenvalue weighted by Gasteiger charge is 2.30. The average Bonchev–Trinajstić information content (AvgIpc) is 3.51. The quantitative estimate of drug-likeness (QED) is 0.319. The standard InChI is InChI=1S/C29H26N3O/c1-21(23-11-6-7-12-23)28-27(19-31-24-14-16-25(33-2)17-15-24)26-13-8-18-30-29(26)32(28)20-22-9-4-3-5-10-22/h3-19,21H,20H2,1-2H3/t21-/m0/s1. The van der Waals surface area contributed by atoms with E-state index in [9.17, 15) is 0 Å². The second-order valence-corrected chi connectivity index (χ2v) is 8.14. The van der Waals surface area contributed by atoms with Gasteiger partial charge in [0, 0.05) is 41.5 Å². The maximum atomic E-state index is 5.28. The Morgan fingerprint density at radius 1 is 0.970 bits per heavy atom. The molecular formula is C29H26N3O. The number of aliphatic imine (C=N–C) groups is 1. The smallest absolute Gasteiger partial charge is 0.141 e. The molecule has 0 saturated heterocycles. The monoisotopic (exact) mass is 432 g/mol. The van der Waals surface area contributed by atoms with Gasteiger partial charge >= 0.3 is 0 Å². The van der Waals surface area contributed by atoms with E-state index in [1.165, 1.54) is 17.2 Å². The number of methoxy groups -OCH3 is 1. The molecule has 1 atom stereocenters. The molecule has 2 aromatic heterocycles. The van der Waals surface area contributed by atoms with Crippen molar-refractivity contribution in [2.24, 2.45) is 4.99 Å². The molecule has 0 bridgehead atoms. The van der Waals surface area contributed by atoms with Crippen molar-refractivity contribution in [2.75, 3.05) is 7.11 Å². The molecular weight excluding hydrogens is 406 g/mol. The topological polar surface area (TPSA) is 39.4 Å². The van der Waals surface area contributed by atoms with Gasteiger partial charge in [0.25, 0.3) is 0 Å². The van der Waals surface area contributed by atoms with Crippen LogP contribution in [-0.4, -0.2) is 22.9 Å². The Kier molecular flexibility index (Phi) is 6.25. The summed E-state index contributed by atoms with van der Waals surface area (Å²) < 4.78 is 7.62. The van der Waals surface area contributed by atoms with Crippen LogP contribution in [0.2, 0.25) is 0 Å². The molecule has 0 amide bonds. The molecule has 0 unspecified atom stereocenters. The Hall–Kier alpha value is -3.40. The molecule has 33 heavy (non-hydrogen) atoms. The summed E-state index contributed by atoms with van der Waals surface area (Å²) in [5.41, 5.74) is 5.44. The number of hydrogen-bond acceptors (Lipinski definition) is 3. The van der Waals surface area contributed by atoms with Gasteiger partial charge in [0.1, 0.15) is 11.4 Å². The second kappa shape index (κ2) is 9.62. The van der Waals surface area contributed by atoms with Crippen LogP contribution in [-0.2, 0) is 6.54 Å². The number of hydrogen-bond donors (Lipinski definition) is 0. The van der Waals surface area contributed by atoms with Crippen molar-refractivity contribution in [3.8, 4) is 5.75 Å². The zero-order chi connectivity index (χ0) is 22.6. The largest absolute Gasteiger partial charge is 0.497 e. The molecule has 5 radical (unpaired) electrons. The molecule has 163 valence electrons. The lowest BCUT2D eigenvalue weighted by Gasteiger charge is -2.22. The highest BCUT2D eigenvalue weighted by atomic mass is 16.5. The fourth-order valence-electron chi connectivity index (χ4n) is 4.39. The molecule has 0 spiro atoms. The zero-order valence-electron chi connectivity index (χ0n) is 18.8. The summed E-state index contributed by atoms with van der Waals surface area (Å²) in [6.07, 6.45) is 12.4. The van der Waals surface area contributed by atoms with Gasteiger partial charge in [-0.3, -0.25) is 4.99 Å². The Balaban J connectivity index is 1.64. The first-order chi connectivity index (χ1) is 16.2. The third-order valence-corrected chi connectivity index (χ3v) is 6.10. The number of pyridine rings is 1. The molecule has 2 heterocycles. The molecule has 4 heteroatoms. The molecule has 5 rings (SSSR count). The van der Waals surface area contributed by atoms with E-state index in [0.717, 1.165) is 34.6 Å². The summed E-state index contributed by atoms with van der Waals surface area (Å²) in [6.45, 7) is 3.01. The van der Waals surface area contributed by atoms with Gasteiger partial charge in [0.15, 0.2) is 0 Å². The summed E-state index contributed by atoms with van der Waals surface area (Å²) >= 11 is 0. The third-order valence-electron chi connectivity index (χ3n) is 6.10. The third kappa shape index (κ3) is 4.43. The van der Waals surface area contributed by atoms with E-state index in [1.807, 2.05) is 42.7 Å². The van der Waals surface area contributed by atoms with Crippen LogP contribution in [0, 0.1) is 31.6 Å². The number of aromatic nitrogens is 2. The van der Waals surface area contributed by atoms with Crippen molar-refractivity contribution in [2.45, 2.75) is 19.4 Å². The van der Waals surface area contributed by atoms with Gasteiger partial charge in [-0.2, -0.15) is 0 Å². The van der Waals surface area contributed by atoms with Gasteiger partial charge in [-0.25, -0.2) is 4.98 Å². The predicted molar refractivity (Wildman–Crippen MR) is 134 cm³/mol. The van der Waals surface area contributed by atoms with Gasteiger partial charge in [-0.15, -0.1) is 0 Å². The van der Waals surface area contributed by atoms with Crippen LogP contribution in [0.4, 0.5) is 5.69 Å². The summed E-state index contributed by atoms with van der Waals surface area (Å²) in [5, 5.41) is 1.11. The van der Waals surface area contributed by atoms with Gasteiger partial charge in [-0.1, -0.05) is 37.3 Å². The SMILES string of the molecule is COc1ccc(N=Cc2c([C@@H](C)[C]3[CH][CH][CH][CH]3)n(Cc3ccccc3)c3ncccc23)cc1. The van der Waals surface area contributed by atoms with Crippen molar-refractivity contribution in [3.05, 3.63) is 121 Å². The fraction of sp³-hybridized carbons (Fsp3) is 0.138. The molecule has 4 aromatic rings. The predicted octanol–water partition coefficient (Wildman–Crippen LogP) is 6.35. The highest BCUT2D eigenvalue weighted by Crippen LogP contribution is 2.40. The lowest BCUT2D eigenvalue weighted by atomic mass is 9.87. The number of benzene rings is 2. The first kappa shape index (κ1) is 21.4. The Labute approximate surface area is 196 Å². The minimum atomic E-state index is 0.190. The van der Waals surface area contributed by atoms with Crippen LogP contribution in [0.1, 0.15) is 29.7 Å². The van der Waals surface area contributed by atoms with Gasteiger partial charge in [0.05, 0.1) is 12.8 Å². The van der Waals surface area contributed by atoms with Crippen LogP contribution >= 0.6 is 0 Å². The Bertz CT molecular complexity index is 1240. The van der Waals surface area contributed by atoms with Crippen LogP contribution in [0.3, 0.4) is 0 Å². The van der Waals surface area contributed by atoms with E-state index in [4.69, 9.17) is 14.7 Å². The molecule has 1 fully saturated rings. The Morgan fingerprint density at radius 2 is 1.73 bits per heavy atom. The zero-order valence-corrected chi connectivity index (χ0v) is 18.8. The van der Waals surface area contributed by atoms with Gasteiger partial charge in [0.2, 0.25) is 0 Å². The summed E-state index contributed by atoms with van der Waals surface area (Å²) in [4.78, 5) is 9.61. The number of nitrogens with zero attached hydrogens (tertiary/aromatic N) is 3. The lowest BCUT2D eigenvalue weighted by molar-refractivity contribution is 0.415. The average molecular weight is 433 g/mol. The molecule has 0 aliphatic heterocycles. The van der Waals surface area contributed by atoms with Crippen LogP contribution < -0.4 is 4.74 Å². The maximum Gasteiger partial charge on any atom is 0.141 e. The van der Waals surface area contributed by atoms with Crippen molar-refractivity contribution < 1.29 is 4.74 Å². The Morgan fingerprint density at radius 3 is 2.45 bits per heavy atom. The summed E-state index contributed by atoms with van der Waals surface area (Å²) in [7, 11) is 1.67. The summed E-state index contributed by atoms with van der Waals surface area (Å²) in [6, 6.07) is 22.5. The second-order valence-electron chi connectivity index (χ2n) is 8.14. The van der Waals surface area contributed by atoms with E-state index >= 15 is 0 Å². The fourth-order valence-corrected chi connectivity index (χ4v) is 4.39. The first-order valence-corrected chi connectivity index (χ1v) is 11.2.